The molecule has 3 aromatic heterocycles. The molecule has 1 aliphatic heterocycles. The van der Waals surface area contributed by atoms with E-state index in [-0.39, 0.29) is 23.9 Å². The number of carboxylic acid groups (broad SMARTS) is 1. The van der Waals surface area contributed by atoms with Gasteiger partial charge >= 0.3 is 6.09 Å². The number of aromatic nitrogens is 4. The summed E-state index contributed by atoms with van der Waals surface area (Å²) in [6, 6.07) is 10.6. The van der Waals surface area contributed by atoms with Crippen molar-refractivity contribution < 1.29 is 19.1 Å². The molecule has 1 saturated heterocycles. The zero-order chi connectivity index (χ0) is 25.4. The highest BCUT2D eigenvalue weighted by molar-refractivity contribution is 6.31. The monoisotopic (exact) mass is 509 g/mol. The van der Waals surface area contributed by atoms with Crippen molar-refractivity contribution in [2.24, 2.45) is 0 Å². The van der Waals surface area contributed by atoms with E-state index in [4.69, 9.17) is 21.8 Å². The van der Waals surface area contributed by atoms with Crippen LogP contribution >= 0.6 is 11.6 Å². The maximum absolute atomic E-state index is 13.8. The highest BCUT2D eigenvalue weighted by Crippen LogP contribution is 2.27. The fraction of sp³-hybridized carbons (Fsp3) is 0.208. The Morgan fingerprint density at radius 3 is 2.75 bits per heavy atom. The second kappa shape index (κ2) is 9.42. The number of carbonyl (C=O) groups excluding carboxylic acids is 1. The molecule has 0 unspecified atom stereocenters. The lowest BCUT2D eigenvalue weighted by Gasteiger charge is -2.19. The quantitative estimate of drug-likeness (QED) is 0.408. The van der Waals surface area contributed by atoms with Crippen LogP contribution in [-0.4, -0.2) is 56.3 Å². The van der Waals surface area contributed by atoms with E-state index < -0.39 is 18.0 Å². The summed E-state index contributed by atoms with van der Waals surface area (Å²) in [4.78, 5) is 34.9. The number of carbonyl (C=O) groups is 2. The van der Waals surface area contributed by atoms with Crippen LogP contribution in [0.25, 0.3) is 16.9 Å². The van der Waals surface area contributed by atoms with E-state index in [2.05, 4.69) is 15.3 Å². The third-order valence-corrected chi connectivity index (χ3v) is 6.41. The first-order valence-electron chi connectivity index (χ1n) is 11.0. The fourth-order valence-electron chi connectivity index (χ4n) is 4.21. The van der Waals surface area contributed by atoms with Gasteiger partial charge in [-0.25, -0.2) is 18.7 Å². The third kappa shape index (κ3) is 4.52. The van der Waals surface area contributed by atoms with Gasteiger partial charge in [-0.3, -0.25) is 9.78 Å². The number of nitrogens with zero attached hydrogens (tertiary/aromatic N) is 6. The number of pyridine rings is 1. The third-order valence-electron chi connectivity index (χ3n) is 5.98. The molecule has 1 fully saturated rings. The molecule has 0 bridgehead atoms. The van der Waals surface area contributed by atoms with Crippen molar-refractivity contribution in [1.29, 1.82) is 0 Å². The van der Waals surface area contributed by atoms with Gasteiger partial charge in [0.2, 0.25) is 5.91 Å². The maximum Gasteiger partial charge on any atom is 0.404 e. The summed E-state index contributed by atoms with van der Waals surface area (Å²) in [5.74, 6) is -0.0896. The van der Waals surface area contributed by atoms with Crippen LogP contribution in [0.3, 0.4) is 0 Å². The van der Waals surface area contributed by atoms with E-state index in [1.54, 1.807) is 15.6 Å². The Labute approximate surface area is 209 Å². The van der Waals surface area contributed by atoms with E-state index in [1.807, 2.05) is 48.3 Å². The number of imidazole rings is 1. The van der Waals surface area contributed by atoms with Crippen LogP contribution in [0.1, 0.15) is 12.0 Å². The van der Waals surface area contributed by atoms with Gasteiger partial charge in [-0.05, 0) is 24.3 Å². The number of fused-ring (bicyclic) bond motifs is 1. The average molecular weight is 510 g/mol. The number of benzene rings is 1. The summed E-state index contributed by atoms with van der Waals surface area (Å²) < 4.78 is 15.5. The van der Waals surface area contributed by atoms with Gasteiger partial charge < -0.3 is 20.2 Å². The van der Waals surface area contributed by atoms with Crippen LogP contribution in [0.5, 0.6) is 0 Å². The number of hydrogen-bond donors (Lipinski definition) is 2. The maximum atomic E-state index is 13.8. The Morgan fingerprint density at radius 1 is 1.22 bits per heavy atom. The summed E-state index contributed by atoms with van der Waals surface area (Å²) in [5, 5.41) is 16.0. The molecule has 1 aromatic carbocycles. The van der Waals surface area contributed by atoms with Crippen LogP contribution < -0.4 is 15.1 Å². The summed E-state index contributed by atoms with van der Waals surface area (Å²) in [6.45, 7) is 0.588. The van der Waals surface area contributed by atoms with Gasteiger partial charge in [0.25, 0.3) is 0 Å². The van der Waals surface area contributed by atoms with Gasteiger partial charge in [-0.1, -0.05) is 23.7 Å². The van der Waals surface area contributed by atoms with Crippen molar-refractivity contribution in [3.05, 3.63) is 71.4 Å². The molecule has 0 aliphatic carbocycles. The second-order valence-electron chi connectivity index (χ2n) is 8.46. The summed E-state index contributed by atoms with van der Waals surface area (Å²) in [6.07, 6.45) is 3.28. The molecule has 4 heterocycles. The van der Waals surface area contributed by atoms with Crippen LogP contribution in [0.2, 0.25) is 5.02 Å². The molecule has 0 spiro atoms. The van der Waals surface area contributed by atoms with Crippen molar-refractivity contribution in [3.8, 4) is 11.3 Å². The van der Waals surface area contributed by atoms with E-state index in [0.717, 1.165) is 17.5 Å². The van der Waals surface area contributed by atoms with Crippen LogP contribution in [0.4, 0.5) is 20.7 Å². The van der Waals surface area contributed by atoms with Gasteiger partial charge in [0.05, 0.1) is 29.2 Å². The zero-order valence-electron chi connectivity index (χ0n) is 19.1. The van der Waals surface area contributed by atoms with Crippen molar-refractivity contribution >= 4 is 40.8 Å². The first kappa shape index (κ1) is 23.5. The molecule has 184 valence electrons. The Kier molecular flexibility index (Phi) is 6.15. The molecule has 10 nitrogen and oxygen atoms in total. The number of halogens is 2. The van der Waals surface area contributed by atoms with Crippen molar-refractivity contribution in [1.82, 2.24) is 24.9 Å². The lowest BCUT2D eigenvalue weighted by molar-refractivity contribution is -0.117. The molecule has 0 radical (unpaired) electrons. The summed E-state index contributed by atoms with van der Waals surface area (Å²) in [7, 11) is 1.82. The van der Waals surface area contributed by atoms with E-state index in [9.17, 15) is 14.0 Å². The zero-order valence-corrected chi connectivity index (χ0v) is 19.9. The molecule has 36 heavy (non-hydrogen) atoms. The number of rotatable bonds is 6. The minimum absolute atomic E-state index is 0.0304. The van der Waals surface area contributed by atoms with Crippen molar-refractivity contribution in [3.63, 3.8) is 0 Å². The highest BCUT2D eigenvalue weighted by Gasteiger charge is 2.31. The molecule has 0 saturated carbocycles. The standard InChI is InChI=1S/C24H21ClFN7O3/c1-31(12-15-9-27-10-18(26)23(15)25)21-7-6-20-28-11-19(33(20)30-21)14-2-4-17(5-3-14)32-13-16(8-22(32)34)29-24(35)36/h2-7,9-11,16,29H,8,12-13H2,1H3,(H,35,36)/t16-/m0/s1. The summed E-state index contributed by atoms with van der Waals surface area (Å²) >= 11 is 6.08. The van der Waals surface area contributed by atoms with Gasteiger partial charge in [-0.2, -0.15) is 0 Å². The van der Waals surface area contributed by atoms with Gasteiger partial charge in [0, 0.05) is 49.6 Å². The number of nitrogens with one attached hydrogen (secondary N) is 1. The van der Waals surface area contributed by atoms with Crippen molar-refractivity contribution in [2.45, 2.75) is 19.0 Å². The fourth-order valence-corrected chi connectivity index (χ4v) is 4.37. The van der Waals surface area contributed by atoms with E-state index >= 15 is 0 Å². The molecule has 12 heteroatoms. The molecular weight excluding hydrogens is 489 g/mol. The van der Waals surface area contributed by atoms with Gasteiger partial charge in [-0.15, -0.1) is 5.10 Å². The number of hydrogen-bond acceptors (Lipinski definition) is 6. The number of amides is 2. The molecule has 2 N–H and O–H groups in total. The van der Waals surface area contributed by atoms with E-state index in [1.165, 1.54) is 6.20 Å². The van der Waals surface area contributed by atoms with Gasteiger partial charge in [0.1, 0.15) is 5.82 Å². The van der Waals surface area contributed by atoms with Crippen LogP contribution in [0, 0.1) is 5.82 Å². The predicted octanol–water partition coefficient (Wildman–Crippen LogP) is 3.59. The molecule has 1 aliphatic rings. The molecule has 4 aromatic rings. The minimum Gasteiger partial charge on any atom is -0.465 e. The first-order chi connectivity index (χ1) is 17.3. The largest absolute Gasteiger partial charge is 0.465 e. The normalized spacial score (nSPS) is 15.5. The first-order valence-corrected chi connectivity index (χ1v) is 11.4. The minimum atomic E-state index is -1.15. The summed E-state index contributed by atoms with van der Waals surface area (Å²) in [5.41, 5.74) is 3.45. The topological polar surface area (TPSA) is 116 Å². The Morgan fingerprint density at radius 2 is 2.00 bits per heavy atom. The van der Waals surface area contributed by atoms with Gasteiger partial charge in [0.15, 0.2) is 11.5 Å². The Bertz CT molecular complexity index is 1460. The molecule has 2 amide bonds. The SMILES string of the molecule is CN(Cc1cncc(F)c1Cl)c1ccc2ncc(-c3ccc(N4C[C@@H](NC(=O)O)CC4=O)cc3)n2n1. The lowest BCUT2D eigenvalue weighted by atomic mass is 10.1. The van der Waals surface area contributed by atoms with Crippen LogP contribution in [-0.2, 0) is 11.3 Å². The molecular formula is C24H21ClFN7O3. The Balaban J connectivity index is 1.38. The Hall–Kier alpha value is -4.25. The second-order valence-corrected chi connectivity index (χ2v) is 8.84. The number of anilines is 2. The van der Waals surface area contributed by atoms with Crippen LogP contribution in [0.15, 0.2) is 55.0 Å². The lowest BCUT2D eigenvalue weighted by Crippen LogP contribution is -2.36. The predicted molar refractivity (Wildman–Crippen MR) is 132 cm³/mol. The molecule has 5 rings (SSSR count). The van der Waals surface area contributed by atoms with Crippen molar-refractivity contribution in [2.75, 3.05) is 23.4 Å². The molecule has 1 atom stereocenters. The smallest absolute Gasteiger partial charge is 0.404 e. The highest BCUT2D eigenvalue weighted by atomic mass is 35.5. The van der Waals surface area contributed by atoms with E-state index in [0.29, 0.717) is 29.3 Å². The average Bonchev–Trinajstić information content (AvgIpc) is 3.44.